The number of anilines is 1. The number of ether oxygens (including phenoxy) is 1. The van der Waals surface area contributed by atoms with Crippen molar-refractivity contribution in [1.29, 1.82) is 0 Å². The van der Waals surface area contributed by atoms with Crippen LogP contribution in [0.25, 0.3) is 21.6 Å². The zero-order chi connectivity index (χ0) is 24.2. The lowest BCUT2D eigenvalue weighted by Crippen LogP contribution is -2.59. The van der Waals surface area contributed by atoms with Crippen molar-refractivity contribution < 1.29 is 4.74 Å². The molecule has 0 aromatic carbocycles. The van der Waals surface area contributed by atoms with Crippen molar-refractivity contribution in [1.82, 2.24) is 20.3 Å². The van der Waals surface area contributed by atoms with E-state index >= 15 is 0 Å². The van der Waals surface area contributed by atoms with E-state index in [4.69, 9.17) is 4.74 Å². The third-order valence-corrected chi connectivity index (χ3v) is 9.61. The average Bonchev–Trinajstić information content (AvgIpc) is 3.44. The molecule has 0 radical (unpaired) electrons. The fraction of sp³-hybridized carbons (Fsp3) is 0.615. The summed E-state index contributed by atoms with van der Waals surface area (Å²) in [4.78, 5) is 16.4. The van der Waals surface area contributed by atoms with Crippen LogP contribution < -0.4 is 10.2 Å². The van der Waals surface area contributed by atoms with Gasteiger partial charge in [-0.1, -0.05) is 26.1 Å². The summed E-state index contributed by atoms with van der Waals surface area (Å²) in [6.07, 6.45) is 12.4. The van der Waals surface area contributed by atoms with Crippen molar-refractivity contribution in [3.05, 3.63) is 29.5 Å². The van der Waals surface area contributed by atoms with Gasteiger partial charge >= 0.3 is 0 Å². The van der Waals surface area contributed by atoms with Crippen LogP contribution in [0, 0.1) is 6.92 Å². The highest BCUT2D eigenvalue weighted by Gasteiger charge is 2.37. The number of fused-ring (bicyclic) bond motifs is 1. The van der Waals surface area contributed by atoms with Crippen LogP contribution in [0.4, 0.5) is 5.69 Å². The van der Waals surface area contributed by atoms with Gasteiger partial charge in [-0.25, -0.2) is 9.97 Å². The Morgan fingerprint density at radius 3 is 2.65 bits per heavy atom. The first-order chi connectivity index (χ1) is 16.3. The van der Waals surface area contributed by atoms with Gasteiger partial charge in [0.15, 0.2) is 0 Å². The quantitative estimate of drug-likeness (QED) is 0.417. The number of rotatable bonds is 5. The van der Waals surface area contributed by atoms with Crippen LogP contribution in [0.2, 0.25) is 25.7 Å². The molecule has 5 rings (SSSR count). The van der Waals surface area contributed by atoms with E-state index < -0.39 is 8.07 Å². The van der Waals surface area contributed by atoms with Crippen LogP contribution in [-0.4, -0.2) is 61.9 Å². The van der Waals surface area contributed by atoms with Gasteiger partial charge in [-0.3, -0.25) is 0 Å². The minimum atomic E-state index is -0.803. The minimum absolute atomic E-state index is 0.292. The Morgan fingerprint density at radius 1 is 1.18 bits per heavy atom. The SMILES string of the molecule is COCC[Si](C)(C)C.Cc1cnc(-c2c[nH]c3nccc(N4CCC[C@]5(CCCCN5)C4)c23)s1. The van der Waals surface area contributed by atoms with E-state index in [1.54, 1.807) is 18.4 Å². The lowest BCUT2D eigenvalue weighted by atomic mass is 9.81. The molecule has 3 aromatic heterocycles. The summed E-state index contributed by atoms with van der Waals surface area (Å²) in [5.74, 6) is 0. The standard InChI is InChI=1S/C20H25N5S.C6H16OSi/c1-14-11-23-19(26-14)15-12-22-18-17(15)16(5-9-21-18)25-10-4-7-20(13-25)6-2-3-8-24-20;1-7-5-6-8(2,3)4/h5,9,11-12,24H,2-4,6-8,10,13H2,1H3,(H,21,22);5-6H2,1-4H3/t20-;/m1./s1. The zero-order valence-electron chi connectivity index (χ0n) is 21.5. The molecule has 0 unspecified atom stereocenters. The normalized spacial score (nSPS) is 21.0. The van der Waals surface area contributed by atoms with E-state index in [1.807, 2.05) is 12.4 Å². The summed E-state index contributed by atoms with van der Waals surface area (Å²) in [5, 5.41) is 6.14. The Balaban J connectivity index is 0.000000297. The third-order valence-electron chi connectivity index (χ3n) is 6.96. The smallest absolute Gasteiger partial charge is 0.140 e. The fourth-order valence-corrected chi connectivity index (χ4v) is 6.68. The number of nitrogens with zero attached hydrogens (tertiary/aromatic N) is 3. The molecule has 2 fully saturated rings. The Bertz CT molecular complexity index is 1060. The molecule has 2 aliphatic heterocycles. The molecule has 1 atom stereocenters. The molecule has 0 amide bonds. The van der Waals surface area contributed by atoms with E-state index in [0.29, 0.717) is 5.54 Å². The second-order valence-electron chi connectivity index (χ2n) is 11.0. The summed E-state index contributed by atoms with van der Waals surface area (Å²) in [5.41, 5.74) is 3.73. The Kier molecular flexibility index (Phi) is 8.12. The molecule has 0 bridgehead atoms. The molecule has 3 aromatic rings. The van der Waals surface area contributed by atoms with Crippen LogP contribution in [-0.2, 0) is 4.74 Å². The summed E-state index contributed by atoms with van der Waals surface area (Å²) < 4.78 is 4.95. The van der Waals surface area contributed by atoms with E-state index in [9.17, 15) is 0 Å². The molecular weight excluding hydrogens is 458 g/mol. The van der Waals surface area contributed by atoms with Gasteiger partial charge in [0.25, 0.3) is 0 Å². The molecule has 34 heavy (non-hydrogen) atoms. The molecule has 186 valence electrons. The van der Waals surface area contributed by atoms with Crippen molar-refractivity contribution in [2.45, 2.75) is 70.3 Å². The maximum atomic E-state index is 4.95. The highest BCUT2D eigenvalue weighted by Crippen LogP contribution is 2.39. The molecule has 2 N–H and O–H groups in total. The van der Waals surface area contributed by atoms with Crippen molar-refractivity contribution in [2.75, 3.05) is 38.3 Å². The molecule has 5 heterocycles. The lowest BCUT2D eigenvalue weighted by molar-refractivity contribution is 0.214. The van der Waals surface area contributed by atoms with E-state index in [1.165, 1.54) is 59.7 Å². The van der Waals surface area contributed by atoms with Crippen LogP contribution in [0.1, 0.15) is 37.0 Å². The Morgan fingerprint density at radius 2 is 2.00 bits per heavy atom. The molecule has 6 nitrogen and oxygen atoms in total. The number of nitrogens with one attached hydrogen (secondary N) is 2. The number of thiazole rings is 1. The maximum absolute atomic E-state index is 4.95. The van der Waals surface area contributed by atoms with E-state index in [0.717, 1.165) is 36.9 Å². The second kappa shape index (κ2) is 10.9. The molecule has 0 aliphatic carbocycles. The minimum Gasteiger partial charge on any atom is -0.385 e. The van der Waals surface area contributed by atoms with Crippen molar-refractivity contribution >= 4 is 36.1 Å². The van der Waals surface area contributed by atoms with Gasteiger partial charge in [0.2, 0.25) is 0 Å². The molecular formula is C26H41N5OSSi. The topological polar surface area (TPSA) is 66.1 Å². The van der Waals surface area contributed by atoms with Crippen molar-refractivity contribution in [3.8, 4) is 10.6 Å². The monoisotopic (exact) mass is 499 g/mol. The fourth-order valence-electron chi connectivity index (χ4n) is 5.08. The van der Waals surface area contributed by atoms with Gasteiger partial charge in [-0.05, 0) is 51.3 Å². The predicted octanol–water partition coefficient (Wildman–Crippen LogP) is 6.08. The third kappa shape index (κ3) is 6.08. The number of aryl methyl sites for hydroxylation is 1. The number of hydrogen-bond acceptors (Lipinski definition) is 6. The Hall–Kier alpha value is -1.74. The second-order valence-corrected chi connectivity index (χ2v) is 17.9. The van der Waals surface area contributed by atoms with Crippen LogP contribution in [0.3, 0.4) is 0 Å². The van der Waals surface area contributed by atoms with Gasteiger partial charge in [0.05, 0.1) is 11.1 Å². The van der Waals surface area contributed by atoms with Gasteiger partial charge < -0.3 is 19.9 Å². The van der Waals surface area contributed by atoms with E-state index in [-0.39, 0.29) is 0 Å². The number of aromatic amines is 1. The highest BCUT2D eigenvalue weighted by molar-refractivity contribution is 7.15. The number of aromatic nitrogens is 3. The highest BCUT2D eigenvalue weighted by atomic mass is 32.1. The molecule has 8 heteroatoms. The van der Waals surface area contributed by atoms with Crippen molar-refractivity contribution in [2.24, 2.45) is 0 Å². The summed E-state index contributed by atoms with van der Waals surface area (Å²) in [7, 11) is 0.961. The average molecular weight is 500 g/mol. The maximum Gasteiger partial charge on any atom is 0.140 e. The first-order valence-corrected chi connectivity index (χ1v) is 17.2. The first-order valence-electron chi connectivity index (χ1n) is 12.7. The van der Waals surface area contributed by atoms with Crippen LogP contribution >= 0.6 is 11.3 Å². The van der Waals surface area contributed by atoms with Crippen LogP contribution in [0.5, 0.6) is 0 Å². The van der Waals surface area contributed by atoms with Gasteiger partial charge in [0, 0.05) is 69.5 Å². The number of pyridine rings is 1. The molecule has 2 aliphatic rings. The van der Waals surface area contributed by atoms with E-state index in [2.05, 4.69) is 64.0 Å². The van der Waals surface area contributed by atoms with Crippen molar-refractivity contribution in [3.63, 3.8) is 0 Å². The number of methoxy groups -OCH3 is 1. The zero-order valence-corrected chi connectivity index (χ0v) is 23.4. The van der Waals surface area contributed by atoms with Crippen LogP contribution in [0.15, 0.2) is 24.7 Å². The summed E-state index contributed by atoms with van der Waals surface area (Å²) in [6.45, 7) is 13.5. The van der Waals surface area contributed by atoms with Gasteiger partial charge in [0.1, 0.15) is 10.7 Å². The predicted molar refractivity (Wildman–Crippen MR) is 148 cm³/mol. The Labute approximate surface area is 209 Å². The summed E-state index contributed by atoms with van der Waals surface area (Å²) in [6, 6.07) is 3.46. The lowest BCUT2D eigenvalue weighted by Gasteiger charge is -2.47. The number of hydrogen-bond donors (Lipinski definition) is 2. The molecule has 0 saturated carbocycles. The van der Waals surface area contributed by atoms with Gasteiger partial charge in [-0.15, -0.1) is 11.3 Å². The largest absolute Gasteiger partial charge is 0.385 e. The molecule has 1 spiro atoms. The number of H-pyrrole nitrogens is 1. The van der Waals surface area contributed by atoms with Gasteiger partial charge in [-0.2, -0.15) is 0 Å². The summed E-state index contributed by atoms with van der Waals surface area (Å²) >= 11 is 1.75. The molecule has 2 saturated heterocycles. The first kappa shape index (κ1) is 25.4. The number of piperidine rings is 2.